The maximum Gasteiger partial charge on any atom is 0.294 e. The first kappa shape index (κ1) is 18.4. The molecule has 0 radical (unpaired) electrons. The predicted octanol–water partition coefficient (Wildman–Crippen LogP) is 2.77. The lowest BCUT2D eigenvalue weighted by Gasteiger charge is -2.11. The summed E-state index contributed by atoms with van der Waals surface area (Å²) in [5, 5.41) is 17.3. The topological polar surface area (TPSA) is 91.2 Å². The molecule has 1 aromatic heterocycles. The Balaban J connectivity index is 1.59. The molecule has 138 valence electrons. The number of carbonyl (C=O) groups excluding carboxylic acids is 1. The Kier molecular flexibility index (Phi) is 5.68. The smallest absolute Gasteiger partial charge is 0.294 e. The Bertz CT molecular complexity index is 938. The number of nitrogens with one attached hydrogen (secondary N) is 3. The molecule has 0 aliphatic rings. The number of aromatic nitrogens is 2. The number of amides is 1. The van der Waals surface area contributed by atoms with Crippen molar-refractivity contribution >= 4 is 28.9 Å². The maximum atomic E-state index is 12.3. The van der Waals surface area contributed by atoms with Gasteiger partial charge in [-0.1, -0.05) is 37.3 Å². The molecule has 27 heavy (non-hydrogen) atoms. The Labute approximate surface area is 162 Å². The SMILES string of the molecule is CCc1ccc(NC(=S)NNC(=O)c2nn(-c3ccccc3)cc2O)cc1. The molecule has 0 fully saturated rings. The molecule has 0 aliphatic carbocycles. The number of benzene rings is 2. The van der Waals surface area contributed by atoms with Crippen LogP contribution in [0.15, 0.2) is 60.8 Å². The lowest BCUT2D eigenvalue weighted by molar-refractivity contribution is 0.0936. The standard InChI is InChI=1S/C19H19N5O2S/c1-2-13-8-10-14(11-9-13)20-19(27)22-21-18(26)17-16(25)12-24(23-17)15-6-4-3-5-7-15/h3-12,25H,2H2,1H3,(H,21,26)(H2,20,22,27). The van der Waals surface area contributed by atoms with Crippen LogP contribution in [0.1, 0.15) is 23.0 Å². The Hall–Kier alpha value is -3.39. The van der Waals surface area contributed by atoms with E-state index in [9.17, 15) is 9.90 Å². The highest BCUT2D eigenvalue weighted by molar-refractivity contribution is 7.80. The van der Waals surface area contributed by atoms with E-state index in [4.69, 9.17) is 12.2 Å². The van der Waals surface area contributed by atoms with Crippen molar-refractivity contribution in [2.24, 2.45) is 0 Å². The molecule has 3 rings (SSSR count). The Morgan fingerprint density at radius 1 is 1.11 bits per heavy atom. The zero-order valence-electron chi connectivity index (χ0n) is 14.6. The summed E-state index contributed by atoms with van der Waals surface area (Å²) < 4.78 is 1.43. The second kappa shape index (κ2) is 8.33. The van der Waals surface area contributed by atoms with Gasteiger partial charge in [0.1, 0.15) is 0 Å². The van der Waals surface area contributed by atoms with Gasteiger partial charge in [-0.25, -0.2) is 4.68 Å². The number of thiocarbonyl (C=S) groups is 1. The van der Waals surface area contributed by atoms with Crippen LogP contribution in [0.25, 0.3) is 5.69 Å². The highest BCUT2D eigenvalue weighted by atomic mass is 32.1. The lowest BCUT2D eigenvalue weighted by atomic mass is 10.1. The number of anilines is 1. The van der Waals surface area contributed by atoms with E-state index in [1.807, 2.05) is 54.6 Å². The molecule has 3 aromatic rings. The van der Waals surface area contributed by atoms with Gasteiger partial charge < -0.3 is 10.4 Å². The molecule has 8 heteroatoms. The molecule has 0 bridgehead atoms. The molecule has 0 unspecified atom stereocenters. The molecule has 2 aromatic carbocycles. The van der Waals surface area contributed by atoms with Crippen molar-refractivity contribution in [2.45, 2.75) is 13.3 Å². The van der Waals surface area contributed by atoms with Crippen LogP contribution in [0.2, 0.25) is 0 Å². The van der Waals surface area contributed by atoms with Gasteiger partial charge in [0.05, 0.1) is 11.9 Å². The van der Waals surface area contributed by atoms with Gasteiger partial charge in [0, 0.05) is 5.69 Å². The number of hydrogen-bond acceptors (Lipinski definition) is 4. The van der Waals surface area contributed by atoms with Crippen molar-refractivity contribution in [1.29, 1.82) is 0 Å². The second-order valence-corrected chi connectivity index (χ2v) is 6.14. The quantitative estimate of drug-likeness (QED) is 0.410. The van der Waals surface area contributed by atoms with Crippen LogP contribution in [0.5, 0.6) is 5.75 Å². The van der Waals surface area contributed by atoms with Gasteiger partial charge in [-0.15, -0.1) is 0 Å². The first-order chi connectivity index (χ1) is 13.1. The van der Waals surface area contributed by atoms with Crippen LogP contribution in [-0.2, 0) is 6.42 Å². The number of rotatable bonds is 4. The largest absolute Gasteiger partial charge is 0.504 e. The van der Waals surface area contributed by atoms with Crippen LogP contribution in [0.3, 0.4) is 0 Å². The molecule has 0 saturated heterocycles. The van der Waals surface area contributed by atoms with E-state index in [2.05, 4.69) is 28.2 Å². The average molecular weight is 381 g/mol. The van der Waals surface area contributed by atoms with Gasteiger partial charge in [0.25, 0.3) is 5.91 Å². The van der Waals surface area contributed by atoms with E-state index in [1.165, 1.54) is 16.4 Å². The van der Waals surface area contributed by atoms with Crippen molar-refractivity contribution in [3.8, 4) is 11.4 Å². The minimum atomic E-state index is -0.604. The summed E-state index contributed by atoms with van der Waals surface area (Å²) in [7, 11) is 0. The van der Waals surface area contributed by atoms with Gasteiger partial charge in [-0.2, -0.15) is 5.10 Å². The van der Waals surface area contributed by atoms with Gasteiger partial charge in [-0.05, 0) is 48.5 Å². The Morgan fingerprint density at radius 2 is 1.81 bits per heavy atom. The summed E-state index contributed by atoms with van der Waals surface area (Å²) >= 11 is 5.16. The number of hydrogen-bond donors (Lipinski definition) is 4. The summed E-state index contributed by atoms with van der Waals surface area (Å²) in [4.78, 5) is 12.3. The molecule has 0 spiro atoms. The maximum absolute atomic E-state index is 12.3. The lowest BCUT2D eigenvalue weighted by Crippen LogP contribution is -2.43. The van der Waals surface area contributed by atoms with Crippen LogP contribution >= 0.6 is 12.2 Å². The molecular formula is C19H19N5O2S. The van der Waals surface area contributed by atoms with E-state index >= 15 is 0 Å². The minimum absolute atomic E-state index is 0.110. The summed E-state index contributed by atoms with van der Waals surface area (Å²) in [6.07, 6.45) is 2.33. The zero-order chi connectivity index (χ0) is 19.2. The fourth-order valence-electron chi connectivity index (χ4n) is 2.40. The van der Waals surface area contributed by atoms with E-state index in [1.54, 1.807) is 0 Å². The molecular weight excluding hydrogens is 362 g/mol. The molecule has 1 amide bonds. The van der Waals surface area contributed by atoms with Gasteiger partial charge in [0.15, 0.2) is 16.6 Å². The molecule has 0 atom stereocenters. The van der Waals surface area contributed by atoms with Gasteiger partial charge in [-0.3, -0.25) is 15.6 Å². The number of nitrogens with zero attached hydrogens (tertiary/aromatic N) is 2. The first-order valence-corrected chi connectivity index (χ1v) is 8.78. The van der Waals surface area contributed by atoms with E-state index in [0.717, 1.165) is 17.8 Å². The van der Waals surface area contributed by atoms with Gasteiger partial charge >= 0.3 is 0 Å². The second-order valence-electron chi connectivity index (χ2n) is 5.73. The highest BCUT2D eigenvalue weighted by Gasteiger charge is 2.17. The third-order valence-corrected chi connectivity index (χ3v) is 4.04. The first-order valence-electron chi connectivity index (χ1n) is 8.37. The summed E-state index contributed by atoms with van der Waals surface area (Å²) in [6.45, 7) is 2.08. The molecule has 1 heterocycles. The van der Waals surface area contributed by atoms with Crippen molar-refractivity contribution in [1.82, 2.24) is 20.6 Å². The molecule has 0 saturated carbocycles. The number of hydrazine groups is 1. The third-order valence-electron chi connectivity index (χ3n) is 3.84. The summed E-state index contributed by atoms with van der Waals surface area (Å²) in [6, 6.07) is 17.0. The monoisotopic (exact) mass is 381 g/mol. The summed E-state index contributed by atoms with van der Waals surface area (Å²) in [5.74, 6) is -0.833. The third kappa shape index (κ3) is 4.62. The minimum Gasteiger partial charge on any atom is -0.504 e. The molecule has 0 aliphatic heterocycles. The van der Waals surface area contributed by atoms with Crippen LogP contribution < -0.4 is 16.2 Å². The summed E-state index contributed by atoms with van der Waals surface area (Å²) in [5.41, 5.74) is 7.65. The van der Waals surface area contributed by atoms with Gasteiger partial charge in [0.2, 0.25) is 0 Å². The van der Waals surface area contributed by atoms with E-state index in [-0.39, 0.29) is 16.6 Å². The fraction of sp³-hybridized carbons (Fsp3) is 0.105. The number of carbonyl (C=O) groups is 1. The van der Waals surface area contributed by atoms with E-state index in [0.29, 0.717) is 0 Å². The molecule has 7 nitrogen and oxygen atoms in total. The predicted molar refractivity (Wildman–Crippen MR) is 108 cm³/mol. The zero-order valence-corrected chi connectivity index (χ0v) is 15.5. The normalized spacial score (nSPS) is 10.3. The number of aromatic hydroxyl groups is 1. The number of para-hydroxylation sites is 1. The van der Waals surface area contributed by atoms with Crippen LogP contribution in [-0.4, -0.2) is 25.9 Å². The van der Waals surface area contributed by atoms with Crippen molar-refractivity contribution in [2.75, 3.05) is 5.32 Å². The fourth-order valence-corrected chi connectivity index (χ4v) is 2.57. The molecule has 4 N–H and O–H groups in total. The van der Waals surface area contributed by atoms with Crippen molar-refractivity contribution < 1.29 is 9.90 Å². The number of aryl methyl sites for hydroxylation is 1. The van der Waals surface area contributed by atoms with Crippen LogP contribution in [0, 0.1) is 0 Å². The van der Waals surface area contributed by atoms with E-state index < -0.39 is 5.91 Å². The highest BCUT2D eigenvalue weighted by Crippen LogP contribution is 2.17. The Morgan fingerprint density at radius 3 is 2.48 bits per heavy atom. The average Bonchev–Trinajstić information content (AvgIpc) is 3.09. The van der Waals surface area contributed by atoms with Crippen LogP contribution in [0.4, 0.5) is 5.69 Å². The van der Waals surface area contributed by atoms with Crippen molar-refractivity contribution in [3.05, 3.63) is 72.1 Å². The van der Waals surface area contributed by atoms with Crippen molar-refractivity contribution in [3.63, 3.8) is 0 Å².